The first-order valence-corrected chi connectivity index (χ1v) is 8.33. The summed E-state index contributed by atoms with van der Waals surface area (Å²) in [6, 6.07) is 10.4. The molecule has 0 unspecified atom stereocenters. The summed E-state index contributed by atoms with van der Waals surface area (Å²) in [7, 11) is 0. The number of benzene rings is 1. The molecule has 0 aliphatic carbocycles. The van der Waals surface area contributed by atoms with Crippen LogP contribution in [-0.2, 0) is 17.8 Å². The Bertz CT molecular complexity index is 774. The molecule has 22 heavy (non-hydrogen) atoms. The molecule has 3 aromatic rings. The topological polar surface area (TPSA) is 46.9 Å². The number of rotatable bonds is 5. The average molecular weight is 313 g/mol. The van der Waals surface area contributed by atoms with Gasteiger partial charge in [-0.3, -0.25) is 9.48 Å². The maximum absolute atomic E-state index is 12.0. The number of carbonyl (C=O) groups excluding carboxylic acids is 1. The Morgan fingerprint density at radius 2 is 2.14 bits per heavy atom. The van der Waals surface area contributed by atoms with Crippen molar-refractivity contribution in [2.75, 3.05) is 0 Å². The van der Waals surface area contributed by atoms with E-state index in [0.717, 1.165) is 22.2 Å². The Labute approximate surface area is 133 Å². The van der Waals surface area contributed by atoms with E-state index in [4.69, 9.17) is 0 Å². The zero-order valence-corrected chi connectivity index (χ0v) is 13.6. The standard InChI is InChI=1S/C17H19N3OS/c1-12(2)20-16-6-4-3-5-14(16)15(19-20)10-18-17(21)9-13-7-8-22-11-13/h3-8,11-12H,9-10H2,1-2H3,(H,18,21). The third kappa shape index (κ3) is 3.04. The fourth-order valence-corrected chi connectivity index (χ4v) is 3.17. The number of para-hydroxylation sites is 1. The quantitative estimate of drug-likeness (QED) is 0.783. The van der Waals surface area contributed by atoms with Crippen molar-refractivity contribution in [1.82, 2.24) is 15.1 Å². The highest BCUT2D eigenvalue weighted by Crippen LogP contribution is 2.21. The summed E-state index contributed by atoms with van der Waals surface area (Å²) in [6.45, 7) is 4.68. The summed E-state index contributed by atoms with van der Waals surface area (Å²) in [5.74, 6) is 0.0292. The van der Waals surface area contributed by atoms with Crippen LogP contribution in [0.5, 0.6) is 0 Å². The Morgan fingerprint density at radius 3 is 2.86 bits per heavy atom. The molecule has 0 aliphatic heterocycles. The SMILES string of the molecule is CC(C)n1nc(CNC(=O)Cc2ccsc2)c2ccccc21. The van der Waals surface area contributed by atoms with Crippen LogP contribution in [0, 0.1) is 0 Å². The van der Waals surface area contributed by atoms with Gasteiger partial charge in [-0.15, -0.1) is 0 Å². The van der Waals surface area contributed by atoms with E-state index in [9.17, 15) is 4.79 Å². The molecule has 0 aliphatic rings. The first-order valence-electron chi connectivity index (χ1n) is 7.39. The van der Waals surface area contributed by atoms with Gasteiger partial charge in [0.05, 0.1) is 24.2 Å². The summed E-state index contributed by atoms with van der Waals surface area (Å²) < 4.78 is 2.01. The summed E-state index contributed by atoms with van der Waals surface area (Å²) in [5.41, 5.74) is 3.09. The van der Waals surface area contributed by atoms with Gasteiger partial charge in [0.2, 0.25) is 5.91 Å². The van der Waals surface area contributed by atoms with Gasteiger partial charge in [-0.25, -0.2) is 0 Å². The molecule has 0 saturated heterocycles. The van der Waals surface area contributed by atoms with Gasteiger partial charge in [0.15, 0.2) is 0 Å². The minimum absolute atomic E-state index is 0.0292. The first-order chi connectivity index (χ1) is 10.6. The van der Waals surface area contributed by atoms with E-state index in [1.54, 1.807) is 11.3 Å². The number of hydrogen-bond donors (Lipinski definition) is 1. The van der Waals surface area contributed by atoms with E-state index in [1.165, 1.54) is 0 Å². The van der Waals surface area contributed by atoms with E-state index in [0.29, 0.717) is 19.0 Å². The molecule has 0 fully saturated rings. The zero-order chi connectivity index (χ0) is 15.5. The molecule has 0 saturated carbocycles. The van der Waals surface area contributed by atoms with Crippen molar-refractivity contribution >= 4 is 28.1 Å². The molecule has 1 amide bonds. The molecule has 4 nitrogen and oxygen atoms in total. The maximum atomic E-state index is 12.0. The minimum Gasteiger partial charge on any atom is -0.350 e. The molecule has 5 heteroatoms. The molecular formula is C17H19N3OS. The molecule has 1 N–H and O–H groups in total. The highest BCUT2D eigenvalue weighted by Gasteiger charge is 2.13. The molecule has 0 radical (unpaired) electrons. The molecule has 114 valence electrons. The maximum Gasteiger partial charge on any atom is 0.224 e. The number of fused-ring (bicyclic) bond motifs is 1. The van der Waals surface area contributed by atoms with Crippen LogP contribution < -0.4 is 5.32 Å². The number of aromatic nitrogens is 2. The van der Waals surface area contributed by atoms with Gasteiger partial charge in [0, 0.05) is 11.4 Å². The zero-order valence-electron chi connectivity index (χ0n) is 12.7. The number of amides is 1. The predicted molar refractivity (Wildman–Crippen MR) is 90.0 cm³/mol. The predicted octanol–water partition coefficient (Wildman–Crippen LogP) is 3.54. The van der Waals surface area contributed by atoms with Gasteiger partial charge >= 0.3 is 0 Å². The molecule has 2 aromatic heterocycles. The van der Waals surface area contributed by atoms with Gasteiger partial charge in [-0.05, 0) is 42.3 Å². The third-order valence-electron chi connectivity index (χ3n) is 3.58. The molecular weight excluding hydrogens is 294 g/mol. The lowest BCUT2D eigenvalue weighted by Crippen LogP contribution is -2.24. The van der Waals surface area contributed by atoms with Crippen LogP contribution >= 0.6 is 11.3 Å². The van der Waals surface area contributed by atoms with Crippen molar-refractivity contribution in [2.45, 2.75) is 32.9 Å². The summed E-state index contributed by atoms with van der Waals surface area (Å²) in [4.78, 5) is 12.0. The van der Waals surface area contributed by atoms with Crippen molar-refractivity contribution in [3.05, 3.63) is 52.3 Å². The molecule has 2 heterocycles. The Hall–Kier alpha value is -2.14. The van der Waals surface area contributed by atoms with Gasteiger partial charge < -0.3 is 5.32 Å². The summed E-state index contributed by atoms with van der Waals surface area (Å²) >= 11 is 1.61. The van der Waals surface area contributed by atoms with Gasteiger partial charge in [-0.1, -0.05) is 18.2 Å². The van der Waals surface area contributed by atoms with E-state index in [2.05, 4.69) is 36.4 Å². The normalized spacial score (nSPS) is 11.2. The van der Waals surface area contributed by atoms with Crippen LogP contribution in [0.4, 0.5) is 0 Å². The molecule has 3 rings (SSSR count). The van der Waals surface area contributed by atoms with Crippen LogP contribution in [0.15, 0.2) is 41.1 Å². The number of nitrogens with one attached hydrogen (secondary N) is 1. The van der Waals surface area contributed by atoms with Gasteiger partial charge in [0.1, 0.15) is 0 Å². The van der Waals surface area contributed by atoms with Crippen molar-refractivity contribution in [3.63, 3.8) is 0 Å². The van der Waals surface area contributed by atoms with Crippen LogP contribution in [0.1, 0.15) is 31.1 Å². The highest BCUT2D eigenvalue weighted by molar-refractivity contribution is 7.07. The second kappa shape index (κ2) is 6.32. The Kier molecular flexibility index (Phi) is 4.24. The lowest BCUT2D eigenvalue weighted by atomic mass is 10.2. The van der Waals surface area contributed by atoms with Crippen molar-refractivity contribution in [2.24, 2.45) is 0 Å². The van der Waals surface area contributed by atoms with E-state index >= 15 is 0 Å². The van der Waals surface area contributed by atoms with Crippen molar-refractivity contribution in [3.8, 4) is 0 Å². The van der Waals surface area contributed by atoms with Crippen molar-refractivity contribution < 1.29 is 4.79 Å². The smallest absolute Gasteiger partial charge is 0.224 e. The monoisotopic (exact) mass is 313 g/mol. The molecule has 1 aromatic carbocycles. The lowest BCUT2D eigenvalue weighted by molar-refractivity contribution is -0.120. The van der Waals surface area contributed by atoms with Crippen LogP contribution in [0.25, 0.3) is 10.9 Å². The summed E-state index contributed by atoms with van der Waals surface area (Å²) in [5, 5.41) is 12.7. The minimum atomic E-state index is 0.0292. The van der Waals surface area contributed by atoms with E-state index in [-0.39, 0.29) is 5.91 Å². The lowest BCUT2D eigenvalue weighted by Gasteiger charge is -2.06. The van der Waals surface area contributed by atoms with Gasteiger partial charge in [0.25, 0.3) is 0 Å². The second-order valence-electron chi connectivity index (χ2n) is 5.59. The van der Waals surface area contributed by atoms with Crippen LogP contribution in [-0.4, -0.2) is 15.7 Å². The fraction of sp³-hybridized carbons (Fsp3) is 0.294. The molecule has 0 atom stereocenters. The van der Waals surface area contributed by atoms with Crippen LogP contribution in [0.2, 0.25) is 0 Å². The molecule has 0 bridgehead atoms. The highest BCUT2D eigenvalue weighted by atomic mass is 32.1. The van der Waals surface area contributed by atoms with E-state index in [1.807, 2.05) is 33.6 Å². The number of hydrogen-bond acceptors (Lipinski definition) is 3. The Morgan fingerprint density at radius 1 is 1.32 bits per heavy atom. The number of carbonyl (C=O) groups is 1. The largest absolute Gasteiger partial charge is 0.350 e. The van der Waals surface area contributed by atoms with Gasteiger partial charge in [-0.2, -0.15) is 16.4 Å². The number of nitrogens with zero attached hydrogens (tertiary/aromatic N) is 2. The summed E-state index contributed by atoms with van der Waals surface area (Å²) in [6.07, 6.45) is 0.423. The second-order valence-corrected chi connectivity index (χ2v) is 6.37. The third-order valence-corrected chi connectivity index (χ3v) is 4.31. The van der Waals surface area contributed by atoms with Crippen molar-refractivity contribution in [1.29, 1.82) is 0 Å². The average Bonchev–Trinajstić information content (AvgIpc) is 3.12. The fourth-order valence-electron chi connectivity index (χ4n) is 2.50. The molecule has 0 spiro atoms. The van der Waals surface area contributed by atoms with Crippen LogP contribution in [0.3, 0.4) is 0 Å². The number of thiophene rings is 1. The Balaban J connectivity index is 1.75. The van der Waals surface area contributed by atoms with E-state index < -0.39 is 0 Å². The first kappa shape index (κ1) is 14.8.